The lowest BCUT2D eigenvalue weighted by molar-refractivity contribution is -0.0322. The van der Waals surface area contributed by atoms with Crippen LogP contribution in [0.15, 0.2) is 48.5 Å². The SMILES string of the molecule is CN(CCCc1ccc(OC(=O)N(C)C)cc1)Oc1cccc(Cl)c1.Cl. The fourth-order valence-corrected chi connectivity index (χ4v) is 2.35. The van der Waals surface area contributed by atoms with Crippen molar-refractivity contribution in [2.75, 3.05) is 27.7 Å². The molecule has 0 aliphatic heterocycles. The quantitative estimate of drug-likeness (QED) is 0.634. The second-order valence-corrected chi connectivity index (χ2v) is 6.35. The van der Waals surface area contributed by atoms with Gasteiger partial charge < -0.3 is 14.5 Å². The Morgan fingerprint density at radius 1 is 1.04 bits per heavy atom. The highest BCUT2D eigenvalue weighted by Gasteiger charge is 2.07. The second kappa shape index (κ2) is 10.9. The maximum atomic E-state index is 11.5. The Balaban J connectivity index is 0.00000338. The van der Waals surface area contributed by atoms with E-state index in [1.807, 2.05) is 49.5 Å². The molecule has 0 unspecified atom stereocenters. The van der Waals surface area contributed by atoms with Crippen LogP contribution in [-0.4, -0.2) is 43.7 Å². The molecule has 0 aliphatic carbocycles. The number of nitrogens with zero attached hydrogens (tertiary/aromatic N) is 2. The molecule has 2 aromatic rings. The van der Waals surface area contributed by atoms with E-state index in [1.165, 1.54) is 10.5 Å². The van der Waals surface area contributed by atoms with Gasteiger partial charge in [-0.15, -0.1) is 17.5 Å². The van der Waals surface area contributed by atoms with Crippen molar-refractivity contribution >= 4 is 30.1 Å². The third kappa shape index (κ3) is 7.52. The third-order valence-corrected chi connectivity index (χ3v) is 3.72. The Morgan fingerprint density at radius 2 is 1.73 bits per heavy atom. The molecular weight excluding hydrogens is 375 g/mol. The normalized spacial score (nSPS) is 10.2. The van der Waals surface area contributed by atoms with E-state index in [1.54, 1.807) is 25.2 Å². The molecule has 2 rings (SSSR count). The Bertz CT molecular complexity index is 693. The van der Waals surface area contributed by atoms with Crippen LogP contribution in [0.1, 0.15) is 12.0 Å². The lowest BCUT2D eigenvalue weighted by Crippen LogP contribution is -2.25. The van der Waals surface area contributed by atoms with Crippen LogP contribution < -0.4 is 9.57 Å². The summed E-state index contributed by atoms with van der Waals surface area (Å²) < 4.78 is 5.20. The molecule has 5 nitrogen and oxygen atoms in total. The van der Waals surface area contributed by atoms with Gasteiger partial charge in [0.2, 0.25) is 0 Å². The van der Waals surface area contributed by atoms with Crippen LogP contribution in [0, 0.1) is 0 Å². The fourth-order valence-electron chi connectivity index (χ4n) is 2.17. The molecule has 0 aliphatic rings. The number of aryl methyl sites for hydroxylation is 1. The summed E-state index contributed by atoms with van der Waals surface area (Å²) >= 11 is 5.94. The third-order valence-electron chi connectivity index (χ3n) is 3.49. The van der Waals surface area contributed by atoms with Crippen molar-refractivity contribution < 1.29 is 14.4 Å². The molecule has 0 N–H and O–H groups in total. The van der Waals surface area contributed by atoms with Gasteiger partial charge in [-0.3, -0.25) is 0 Å². The van der Waals surface area contributed by atoms with E-state index in [2.05, 4.69) is 0 Å². The summed E-state index contributed by atoms with van der Waals surface area (Å²) in [5.41, 5.74) is 1.18. The van der Waals surface area contributed by atoms with E-state index in [9.17, 15) is 4.79 Å². The first-order valence-electron chi connectivity index (χ1n) is 8.07. The van der Waals surface area contributed by atoms with Crippen LogP contribution in [0.25, 0.3) is 0 Å². The number of hydrogen-bond acceptors (Lipinski definition) is 4. The van der Waals surface area contributed by atoms with Crippen molar-refractivity contribution in [2.24, 2.45) is 0 Å². The van der Waals surface area contributed by atoms with E-state index in [-0.39, 0.29) is 18.5 Å². The maximum Gasteiger partial charge on any atom is 0.414 e. The predicted octanol–water partition coefficient (Wildman–Crippen LogP) is 4.68. The summed E-state index contributed by atoms with van der Waals surface area (Å²) in [6.45, 7) is 0.782. The minimum Gasteiger partial charge on any atom is -0.410 e. The second-order valence-electron chi connectivity index (χ2n) is 5.91. The van der Waals surface area contributed by atoms with E-state index >= 15 is 0 Å². The van der Waals surface area contributed by atoms with Crippen LogP contribution in [0.5, 0.6) is 11.5 Å². The number of hydroxylamine groups is 2. The highest BCUT2D eigenvalue weighted by molar-refractivity contribution is 6.30. The molecule has 142 valence electrons. The number of hydrogen-bond donors (Lipinski definition) is 0. The lowest BCUT2D eigenvalue weighted by atomic mass is 10.1. The first-order chi connectivity index (χ1) is 11.9. The van der Waals surface area contributed by atoms with Gasteiger partial charge in [0.1, 0.15) is 11.5 Å². The number of amides is 1. The number of rotatable bonds is 7. The van der Waals surface area contributed by atoms with Crippen LogP contribution in [0.2, 0.25) is 5.02 Å². The molecule has 7 heteroatoms. The predicted molar refractivity (Wildman–Crippen MR) is 106 cm³/mol. The standard InChI is InChI=1S/C19H23ClN2O3.ClH/c1-21(2)19(23)24-17-11-9-15(10-12-17)6-5-13-22(3)25-18-8-4-7-16(20)14-18;/h4,7-12,14H,5-6,13H2,1-3H3;1H. The van der Waals surface area contributed by atoms with Crippen LogP contribution in [-0.2, 0) is 6.42 Å². The monoisotopic (exact) mass is 398 g/mol. The number of carbonyl (C=O) groups excluding carboxylic acids is 1. The summed E-state index contributed by atoms with van der Waals surface area (Å²) in [7, 11) is 5.20. The van der Waals surface area contributed by atoms with Crippen molar-refractivity contribution in [1.29, 1.82) is 0 Å². The Kier molecular flexibility index (Phi) is 9.27. The highest BCUT2D eigenvalue weighted by atomic mass is 35.5. The van der Waals surface area contributed by atoms with Gasteiger partial charge in [-0.1, -0.05) is 29.8 Å². The van der Waals surface area contributed by atoms with Gasteiger partial charge in [0, 0.05) is 38.8 Å². The number of halogens is 2. The molecule has 0 aromatic heterocycles. The van der Waals surface area contributed by atoms with Crippen LogP contribution in [0.4, 0.5) is 4.79 Å². The lowest BCUT2D eigenvalue weighted by Gasteiger charge is -2.17. The molecule has 0 radical (unpaired) electrons. The zero-order valence-electron chi connectivity index (χ0n) is 15.1. The van der Waals surface area contributed by atoms with Gasteiger partial charge in [0.15, 0.2) is 0 Å². The molecule has 0 spiro atoms. The summed E-state index contributed by atoms with van der Waals surface area (Å²) in [6.07, 6.45) is 1.46. The smallest absolute Gasteiger partial charge is 0.410 e. The zero-order chi connectivity index (χ0) is 18.2. The van der Waals surface area contributed by atoms with E-state index in [0.717, 1.165) is 25.1 Å². The molecule has 2 aromatic carbocycles. The molecule has 0 bridgehead atoms. The largest absolute Gasteiger partial charge is 0.414 e. The van der Waals surface area contributed by atoms with Crippen molar-refractivity contribution in [3.05, 3.63) is 59.1 Å². The zero-order valence-corrected chi connectivity index (χ0v) is 16.7. The van der Waals surface area contributed by atoms with Crippen molar-refractivity contribution in [3.63, 3.8) is 0 Å². The average Bonchev–Trinajstić information content (AvgIpc) is 2.56. The molecule has 0 heterocycles. The van der Waals surface area contributed by atoms with Gasteiger partial charge in [-0.05, 0) is 42.7 Å². The molecule has 26 heavy (non-hydrogen) atoms. The summed E-state index contributed by atoms with van der Waals surface area (Å²) in [5.74, 6) is 1.27. The fraction of sp³-hybridized carbons (Fsp3) is 0.316. The molecule has 0 saturated carbocycles. The number of carbonyl (C=O) groups is 1. The Hall–Kier alpha value is -1.95. The summed E-state index contributed by atoms with van der Waals surface area (Å²) in [5, 5.41) is 2.44. The first kappa shape index (κ1) is 22.1. The van der Waals surface area contributed by atoms with Crippen molar-refractivity contribution in [1.82, 2.24) is 9.96 Å². The summed E-state index contributed by atoms with van der Waals surface area (Å²) in [6, 6.07) is 14.9. The summed E-state index contributed by atoms with van der Waals surface area (Å²) in [4.78, 5) is 18.6. The van der Waals surface area contributed by atoms with Gasteiger partial charge in [0.05, 0.1) is 0 Å². The van der Waals surface area contributed by atoms with Crippen molar-refractivity contribution in [2.45, 2.75) is 12.8 Å². The van der Waals surface area contributed by atoms with Crippen LogP contribution in [0.3, 0.4) is 0 Å². The van der Waals surface area contributed by atoms with E-state index < -0.39 is 0 Å². The molecule has 0 saturated heterocycles. The first-order valence-corrected chi connectivity index (χ1v) is 8.44. The molecule has 0 atom stereocenters. The average molecular weight is 399 g/mol. The van der Waals surface area contributed by atoms with Gasteiger partial charge in [-0.25, -0.2) is 4.79 Å². The van der Waals surface area contributed by atoms with Gasteiger partial charge >= 0.3 is 6.09 Å². The maximum absolute atomic E-state index is 11.5. The van der Waals surface area contributed by atoms with Crippen LogP contribution >= 0.6 is 24.0 Å². The Labute approximate surface area is 165 Å². The molecule has 1 amide bonds. The molecule has 0 fully saturated rings. The van der Waals surface area contributed by atoms with E-state index in [0.29, 0.717) is 10.8 Å². The topological polar surface area (TPSA) is 42.0 Å². The van der Waals surface area contributed by atoms with Gasteiger partial charge in [0.25, 0.3) is 0 Å². The Morgan fingerprint density at radius 3 is 2.35 bits per heavy atom. The number of benzene rings is 2. The van der Waals surface area contributed by atoms with Crippen molar-refractivity contribution in [3.8, 4) is 11.5 Å². The van der Waals surface area contributed by atoms with E-state index in [4.69, 9.17) is 21.2 Å². The van der Waals surface area contributed by atoms with Gasteiger partial charge in [-0.2, -0.15) is 0 Å². The highest BCUT2D eigenvalue weighted by Crippen LogP contribution is 2.18. The minimum absolute atomic E-state index is 0. The number of ether oxygens (including phenoxy) is 1. The minimum atomic E-state index is -0.382. The molecular formula is C19H24Cl2N2O3.